The number of hydrogen-bond acceptors (Lipinski definition) is 2. The van der Waals surface area contributed by atoms with Gasteiger partial charge in [0, 0.05) is 12.6 Å². The molecule has 74 valence electrons. The molecule has 0 aliphatic heterocycles. The molecule has 0 spiro atoms. The number of rotatable bonds is 6. The Morgan fingerprint density at radius 2 is 1.92 bits per heavy atom. The normalized spacial score (nSPS) is 18.8. The molecule has 1 N–H and O–H groups in total. The molecule has 2 unspecified atom stereocenters. The summed E-state index contributed by atoms with van der Waals surface area (Å²) in [5.41, 5.74) is -0.00917. The summed E-state index contributed by atoms with van der Waals surface area (Å²) in [4.78, 5) is 0. The lowest BCUT2D eigenvalue weighted by molar-refractivity contribution is -0.0504. The van der Waals surface area contributed by atoms with Crippen LogP contribution in [0.3, 0.4) is 0 Å². The van der Waals surface area contributed by atoms with Crippen LogP contribution < -0.4 is 5.32 Å². The minimum atomic E-state index is -0.00917. The maximum absolute atomic E-state index is 5.73. The van der Waals surface area contributed by atoms with Crippen LogP contribution in [0.1, 0.15) is 41.0 Å². The van der Waals surface area contributed by atoms with Gasteiger partial charge in [0.2, 0.25) is 0 Å². The summed E-state index contributed by atoms with van der Waals surface area (Å²) >= 11 is 0. The van der Waals surface area contributed by atoms with Crippen molar-refractivity contribution >= 4 is 0 Å². The van der Waals surface area contributed by atoms with Gasteiger partial charge >= 0.3 is 0 Å². The molecule has 0 aliphatic rings. The van der Waals surface area contributed by atoms with Crippen molar-refractivity contribution in [2.45, 2.75) is 52.7 Å². The van der Waals surface area contributed by atoms with Crippen LogP contribution in [0.25, 0.3) is 0 Å². The van der Waals surface area contributed by atoms with Gasteiger partial charge in [0.15, 0.2) is 0 Å². The SMILES string of the molecule is CCNC(C)C(C)(CC)OCC. The van der Waals surface area contributed by atoms with Gasteiger partial charge < -0.3 is 10.1 Å². The molecule has 2 heteroatoms. The number of ether oxygens (including phenoxy) is 1. The fourth-order valence-electron chi connectivity index (χ4n) is 1.39. The monoisotopic (exact) mass is 173 g/mol. The zero-order valence-electron chi connectivity index (χ0n) is 9.11. The zero-order chi connectivity index (χ0) is 9.61. The Labute approximate surface area is 76.7 Å². The van der Waals surface area contributed by atoms with Crippen molar-refractivity contribution in [2.75, 3.05) is 13.2 Å². The highest BCUT2D eigenvalue weighted by Crippen LogP contribution is 2.19. The van der Waals surface area contributed by atoms with Gasteiger partial charge in [-0.25, -0.2) is 0 Å². The van der Waals surface area contributed by atoms with Gasteiger partial charge in [-0.15, -0.1) is 0 Å². The predicted molar refractivity (Wildman–Crippen MR) is 53.5 cm³/mol. The second-order valence-electron chi connectivity index (χ2n) is 3.38. The van der Waals surface area contributed by atoms with Gasteiger partial charge in [0.05, 0.1) is 5.60 Å². The quantitative estimate of drug-likeness (QED) is 0.665. The molecule has 0 fully saturated rings. The molecule has 2 atom stereocenters. The van der Waals surface area contributed by atoms with E-state index in [0.717, 1.165) is 19.6 Å². The van der Waals surface area contributed by atoms with Gasteiger partial charge in [0.25, 0.3) is 0 Å². The van der Waals surface area contributed by atoms with Gasteiger partial charge in [0.1, 0.15) is 0 Å². The lowest BCUT2D eigenvalue weighted by Gasteiger charge is -2.35. The molecule has 0 saturated heterocycles. The van der Waals surface area contributed by atoms with E-state index in [2.05, 4.69) is 33.0 Å². The van der Waals surface area contributed by atoms with Crippen molar-refractivity contribution in [3.63, 3.8) is 0 Å². The summed E-state index contributed by atoms with van der Waals surface area (Å²) < 4.78 is 5.73. The zero-order valence-corrected chi connectivity index (χ0v) is 9.11. The highest BCUT2D eigenvalue weighted by molar-refractivity contribution is 4.84. The molecular formula is C10H23NO. The van der Waals surface area contributed by atoms with E-state index in [4.69, 9.17) is 4.74 Å². The van der Waals surface area contributed by atoms with Crippen molar-refractivity contribution in [1.82, 2.24) is 5.32 Å². The largest absolute Gasteiger partial charge is 0.374 e. The first-order chi connectivity index (χ1) is 5.60. The van der Waals surface area contributed by atoms with Crippen molar-refractivity contribution in [2.24, 2.45) is 0 Å². The number of likely N-dealkylation sites (N-methyl/N-ethyl adjacent to an activating group) is 1. The summed E-state index contributed by atoms with van der Waals surface area (Å²) in [5, 5.41) is 3.40. The Morgan fingerprint density at radius 1 is 1.33 bits per heavy atom. The smallest absolute Gasteiger partial charge is 0.0801 e. The summed E-state index contributed by atoms with van der Waals surface area (Å²) in [6.07, 6.45) is 1.05. The molecule has 12 heavy (non-hydrogen) atoms. The van der Waals surface area contributed by atoms with Crippen LogP contribution in [0.15, 0.2) is 0 Å². The average Bonchev–Trinajstić information content (AvgIpc) is 2.05. The third-order valence-electron chi connectivity index (χ3n) is 2.60. The standard InChI is InChI=1S/C10H23NO/c1-6-10(5,12-8-3)9(4)11-7-2/h9,11H,6-8H2,1-5H3. The second-order valence-corrected chi connectivity index (χ2v) is 3.38. The number of hydrogen-bond donors (Lipinski definition) is 1. The maximum atomic E-state index is 5.73. The first kappa shape index (κ1) is 11.9. The van der Waals surface area contributed by atoms with E-state index < -0.39 is 0 Å². The Kier molecular flexibility index (Phi) is 5.51. The molecule has 0 bridgehead atoms. The molecular weight excluding hydrogens is 150 g/mol. The minimum absolute atomic E-state index is 0.00917. The van der Waals surface area contributed by atoms with E-state index in [0.29, 0.717) is 6.04 Å². The summed E-state index contributed by atoms with van der Waals surface area (Å²) in [7, 11) is 0. The Hall–Kier alpha value is -0.0800. The van der Waals surface area contributed by atoms with Gasteiger partial charge in [-0.1, -0.05) is 13.8 Å². The third kappa shape index (κ3) is 3.11. The fraction of sp³-hybridized carbons (Fsp3) is 1.00. The predicted octanol–water partition coefficient (Wildman–Crippen LogP) is 2.19. The Bertz CT molecular complexity index is 116. The molecule has 0 rings (SSSR count). The molecule has 0 heterocycles. The van der Waals surface area contributed by atoms with Crippen LogP contribution in [-0.2, 0) is 4.74 Å². The maximum Gasteiger partial charge on any atom is 0.0801 e. The van der Waals surface area contributed by atoms with Crippen LogP contribution >= 0.6 is 0 Å². The summed E-state index contributed by atoms with van der Waals surface area (Å²) in [6.45, 7) is 12.5. The van der Waals surface area contributed by atoms with E-state index in [1.807, 2.05) is 6.92 Å². The van der Waals surface area contributed by atoms with Crippen molar-refractivity contribution in [3.05, 3.63) is 0 Å². The molecule has 0 amide bonds. The van der Waals surface area contributed by atoms with Gasteiger partial charge in [-0.2, -0.15) is 0 Å². The van der Waals surface area contributed by atoms with E-state index >= 15 is 0 Å². The molecule has 0 aliphatic carbocycles. The summed E-state index contributed by atoms with van der Waals surface area (Å²) in [6, 6.07) is 0.424. The van der Waals surface area contributed by atoms with Crippen molar-refractivity contribution in [3.8, 4) is 0 Å². The van der Waals surface area contributed by atoms with Gasteiger partial charge in [-0.05, 0) is 33.7 Å². The lowest BCUT2D eigenvalue weighted by Crippen LogP contribution is -2.48. The highest BCUT2D eigenvalue weighted by atomic mass is 16.5. The van der Waals surface area contributed by atoms with Crippen LogP contribution in [0.4, 0.5) is 0 Å². The molecule has 0 radical (unpaired) electrons. The molecule has 2 nitrogen and oxygen atoms in total. The van der Waals surface area contributed by atoms with E-state index in [9.17, 15) is 0 Å². The molecule has 0 aromatic rings. The van der Waals surface area contributed by atoms with Crippen LogP contribution in [0, 0.1) is 0 Å². The van der Waals surface area contributed by atoms with Crippen LogP contribution in [-0.4, -0.2) is 24.8 Å². The summed E-state index contributed by atoms with van der Waals surface area (Å²) in [5.74, 6) is 0. The lowest BCUT2D eigenvalue weighted by atomic mass is 9.94. The molecule has 0 aromatic heterocycles. The average molecular weight is 173 g/mol. The highest BCUT2D eigenvalue weighted by Gasteiger charge is 2.28. The second kappa shape index (κ2) is 5.55. The van der Waals surface area contributed by atoms with Crippen LogP contribution in [0.5, 0.6) is 0 Å². The van der Waals surface area contributed by atoms with E-state index in [-0.39, 0.29) is 5.60 Å². The van der Waals surface area contributed by atoms with E-state index in [1.54, 1.807) is 0 Å². The topological polar surface area (TPSA) is 21.3 Å². The first-order valence-electron chi connectivity index (χ1n) is 4.98. The minimum Gasteiger partial charge on any atom is -0.374 e. The Morgan fingerprint density at radius 3 is 2.25 bits per heavy atom. The van der Waals surface area contributed by atoms with Gasteiger partial charge in [-0.3, -0.25) is 0 Å². The molecule has 0 aromatic carbocycles. The first-order valence-corrected chi connectivity index (χ1v) is 4.98. The van der Waals surface area contributed by atoms with E-state index in [1.165, 1.54) is 0 Å². The third-order valence-corrected chi connectivity index (χ3v) is 2.60. The Balaban J connectivity index is 4.08. The van der Waals surface area contributed by atoms with Crippen LogP contribution in [0.2, 0.25) is 0 Å². The number of nitrogens with one attached hydrogen (secondary N) is 1. The van der Waals surface area contributed by atoms with Crippen molar-refractivity contribution < 1.29 is 4.74 Å². The molecule has 0 saturated carbocycles. The fourth-order valence-corrected chi connectivity index (χ4v) is 1.39. The van der Waals surface area contributed by atoms with Crippen molar-refractivity contribution in [1.29, 1.82) is 0 Å².